The highest BCUT2D eigenvalue weighted by atomic mass is 32.1. The number of aromatic nitrogens is 1. The molecule has 0 bridgehead atoms. The van der Waals surface area contributed by atoms with E-state index in [9.17, 15) is 4.79 Å². The van der Waals surface area contributed by atoms with Crippen molar-refractivity contribution in [3.8, 4) is 16.3 Å². The summed E-state index contributed by atoms with van der Waals surface area (Å²) in [6.45, 7) is 2.05. The van der Waals surface area contributed by atoms with Gasteiger partial charge < -0.3 is 9.47 Å². The molecular formula is C22H24N2O3S. The van der Waals surface area contributed by atoms with E-state index in [2.05, 4.69) is 22.4 Å². The Kier molecular flexibility index (Phi) is 7.17. The standard InChI is InChI=1S/C22H24N2O3S/c1-26-20-10-6-9-18(13-20)22-23-19(16-28-22)15-24(12-11-21(25)27-2)14-17-7-4-3-5-8-17/h3-10,13,16H,11-12,14-15H2,1-2H3. The highest BCUT2D eigenvalue weighted by molar-refractivity contribution is 7.13. The van der Waals surface area contributed by atoms with Crippen LogP contribution in [0.5, 0.6) is 5.75 Å². The molecule has 1 heterocycles. The van der Waals surface area contributed by atoms with E-state index in [4.69, 9.17) is 14.5 Å². The van der Waals surface area contributed by atoms with Crippen molar-refractivity contribution in [3.63, 3.8) is 0 Å². The van der Waals surface area contributed by atoms with Crippen LogP contribution in [-0.4, -0.2) is 36.6 Å². The highest BCUT2D eigenvalue weighted by Crippen LogP contribution is 2.27. The van der Waals surface area contributed by atoms with Crippen LogP contribution in [0.3, 0.4) is 0 Å². The minimum Gasteiger partial charge on any atom is -0.497 e. The topological polar surface area (TPSA) is 51.7 Å². The Bertz CT molecular complexity index is 896. The lowest BCUT2D eigenvalue weighted by atomic mass is 10.2. The van der Waals surface area contributed by atoms with Gasteiger partial charge in [0.25, 0.3) is 0 Å². The van der Waals surface area contributed by atoms with Crippen molar-refractivity contribution in [2.75, 3.05) is 20.8 Å². The minimum absolute atomic E-state index is 0.201. The number of methoxy groups -OCH3 is 2. The van der Waals surface area contributed by atoms with Crippen LogP contribution in [-0.2, 0) is 22.6 Å². The molecule has 0 aliphatic rings. The smallest absolute Gasteiger partial charge is 0.306 e. The van der Waals surface area contributed by atoms with Crippen molar-refractivity contribution in [3.05, 3.63) is 71.2 Å². The fourth-order valence-corrected chi connectivity index (χ4v) is 3.71. The lowest BCUT2D eigenvalue weighted by Gasteiger charge is -2.21. The first-order chi connectivity index (χ1) is 13.7. The third-order valence-electron chi connectivity index (χ3n) is 4.36. The monoisotopic (exact) mass is 396 g/mol. The van der Waals surface area contributed by atoms with E-state index in [-0.39, 0.29) is 5.97 Å². The maximum absolute atomic E-state index is 11.6. The summed E-state index contributed by atoms with van der Waals surface area (Å²) in [7, 11) is 3.08. The van der Waals surface area contributed by atoms with Crippen molar-refractivity contribution in [2.45, 2.75) is 19.5 Å². The normalized spacial score (nSPS) is 10.8. The number of hydrogen-bond donors (Lipinski definition) is 0. The average molecular weight is 397 g/mol. The SMILES string of the molecule is COC(=O)CCN(Cc1ccccc1)Cc1csc(-c2cccc(OC)c2)n1. The first-order valence-corrected chi connectivity index (χ1v) is 9.98. The molecular weight excluding hydrogens is 372 g/mol. The molecule has 28 heavy (non-hydrogen) atoms. The Labute approximate surface area is 169 Å². The summed E-state index contributed by atoms with van der Waals surface area (Å²) in [5.41, 5.74) is 3.24. The van der Waals surface area contributed by atoms with Crippen LogP contribution < -0.4 is 4.74 Å². The Morgan fingerprint density at radius 1 is 1.07 bits per heavy atom. The third kappa shape index (κ3) is 5.65. The minimum atomic E-state index is -0.201. The van der Waals surface area contributed by atoms with Crippen molar-refractivity contribution in [1.82, 2.24) is 9.88 Å². The zero-order valence-electron chi connectivity index (χ0n) is 16.1. The molecule has 0 unspecified atom stereocenters. The molecule has 6 heteroatoms. The maximum atomic E-state index is 11.6. The van der Waals surface area contributed by atoms with E-state index in [1.54, 1.807) is 18.4 Å². The number of hydrogen-bond acceptors (Lipinski definition) is 6. The quantitative estimate of drug-likeness (QED) is 0.502. The second-order valence-electron chi connectivity index (χ2n) is 6.40. The number of carbonyl (C=O) groups excluding carboxylic acids is 1. The predicted molar refractivity (Wildman–Crippen MR) is 111 cm³/mol. The van der Waals surface area contributed by atoms with Gasteiger partial charge in [0.15, 0.2) is 0 Å². The van der Waals surface area contributed by atoms with E-state index in [1.807, 2.05) is 42.5 Å². The van der Waals surface area contributed by atoms with Crippen LogP contribution >= 0.6 is 11.3 Å². The number of nitrogens with zero attached hydrogens (tertiary/aromatic N) is 2. The molecule has 5 nitrogen and oxygen atoms in total. The third-order valence-corrected chi connectivity index (χ3v) is 5.30. The summed E-state index contributed by atoms with van der Waals surface area (Å²) in [6, 6.07) is 18.1. The lowest BCUT2D eigenvalue weighted by molar-refractivity contribution is -0.141. The number of esters is 1. The number of thiazole rings is 1. The number of ether oxygens (including phenoxy) is 2. The van der Waals surface area contributed by atoms with Gasteiger partial charge in [-0.2, -0.15) is 0 Å². The number of carbonyl (C=O) groups is 1. The van der Waals surface area contributed by atoms with Crippen molar-refractivity contribution < 1.29 is 14.3 Å². The first-order valence-electron chi connectivity index (χ1n) is 9.10. The summed E-state index contributed by atoms with van der Waals surface area (Å²) in [5, 5.41) is 3.03. The van der Waals surface area contributed by atoms with E-state index >= 15 is 0 Å². The summed E-state index contributed by atoms with van der Waals surface area (Å²) in [5.74, 6) is 0.617. The van der Waals surface area contributed by atoms with Crippen LogP contribution in [0.25, 0.3) is 10.6 Å². The van der Waals surface area contributed by atoms with Gasteiger partial charge in [-0.25, -0.2) is 4.98 Å². The molecule has 1 aromatic heterocycles. The van der Waals surface area contributed by atoms with Crippen LogP contribution in [0.2, 0.25) is 0 Å². The molecule has 0 radical (unpaired) electrons. The Balaban J connectivity index is 1.72. The predicted octanol–water partition coefficient (Wildman–Crippen LogP) is 4.38. The summed E-state index contributed by atoms with van der Waals surface area (Å²) in [4.78, 5) is 18.6. The van der Waals surface area contributed by atoms with Gasteiger partial charge in [-0.3, -0.25) is 9.69 Å². The zero-order chi connectivity index (χ0) is 19.8. The molecule has 0 spiro atoms. The Morgan fingerprint density at radius 3 is 2.64 bits per heavy atom. The number of benzene rings is 2. The largest absolute Gasteiger partial charge is 0.497 e. The lowest BCUT2D eigenvalue weighted by Crippen LogP contribution is -2.26. The molecule has 0 amide bonds. The van der Waals surface area contributed by atoms with Crippen LogP contribution in [0.15, 0.2) is 60.0 Å². The van der Waals surface area contributed by atoms with E-state index < -0.39 is 0 Å². The van der Waals surface area contributed by atoms with Crippen molar-refractivity contribution in [1.29, 1.82) is 0 Å². The Hall–Kier alpha value is -2.70. The fraction of sp³-hybridized carbons (Fsp3) is 0.273. The molecule has 0 N–H and O–H groups in total. The van der Waals surface area contributed by atoms with Crippen molar-refractivity contribution >= 4 is 17.3 Å². The molecule has 0 saturated carbocycles. The van der Waals surface area contributed by atoms with E-state index in [0.717, 1.165) is 28.6 Å². The molecule has 3 rings (SSSR count). The van der Waals surface area contributed by atoms with Crippen LogP contribution in [0.4, 0.5) is 0 Å². The van der Waals surface area contributed by atoms with E-state index in [1.165, 1.54) is 12.7 Å². The molecule has 2 aromatic carbocycles. The molecule has 0 aliphatic carbocycles. The molecule has 0 fully saturated rings. The number of rotatable bonds is 9. The summed E-state index contributed by atoms with van der Waals surface area (Å²) < 4.78 is 10.1. The fourth-order valence-electron chi connectivity index (χ4n) is 2.90. The Morgan fingerprint density at radius 2 is 1.89 bits per heavy atom. The van der Waals surface area contributed by atoms with Gasteiger partial charge in [0.2, 0.25) is 0 Å². The second-order valence-corrected chi connectivity index (χ2v) is 7.26. The maximum Gasteiger partial charge on any atom is 0.306 e. The van der Waals surface area contributed by atoms with Gasteiger partial charge in [0, 0.05) is 30.6 Å². The van der Waals surface area contributed by atoms with Gasteiger partial charge in [-0.1, -0.05) is 42.5 Å². The van der Waals surface area contributed by atoms with Gasteiger partial charge in [-0.15, -0.1) is 11.3 Å². The summed E-state index contributed by atoms with van der Waals surface area (Å²) >= 11 is 1.61. The molecule has 0 saturated heterocycles. The van der Waals surface area contributed by atoms with Gasteiger partial charge in [-0.05, 0) is 17.7 Å². The van der Waals surface area contributed by atoms with Crippen molar-refractivity contribution in [2.24, 2.45) is 0 Å². The zero-order valence-corrected chi connectivity index (χ0v) is 16.9. The summed E-state index contributed by atoms with van der Waals surface area (Å²) in [6.07, 6.45) is 0.357. The first kappa shape index (κ1) is 20.0. The van der Waals surface area contributed by atoms with E-state index in [0.29, 0.717) is 19.5 Å². The van der Waals surface area contributed by atoms with Crippen LogP contribution in [0.1, 0.15) is 17.7 Å². The molecule has 3 aromatic rings. The molecule has 146 valence electrons. The van der Waals surface area contributed by atoms with Crippen LogP contribution in [0, 0.1) is 0 Å². The molecule has 0 aliphatic heterocycles. The highest BCUT2D eigenvalue weighted by Gasteiger charge is 2.13. The van der Waals surface area contributed by atoms with Gasteiger partial charge in [0.1, 0.15) is 10.8 Å². The molecule has 0 atom stereocenters. The second kappa shape index (κ2) is 10.0. The average Bonchev–Trinajstić information content (AvgIpc) is 3.21. The van der Waals surface area contributed by atoms with Gasteiger partial charge >= 0.3 is 5.97 Å². The van der Waals surface area contributed by atoms with Gasteiger partial charge in [0.05, 0.1) is 26.3 Å².